The third-order valence-corrected chi connectivity index (χ3v) is 4.31. The molecule has 1 aromatic rings. The molecule has 0 aliphatic carbocycles. The van der Waals surface area contributed by atoms with E-state index in [-0.39, 0.29) is 12.1 Å². The number of esters is 1. The van der Waals surface area contributed by atoms with E-state index >= 15 is 0 Å². The number of ether oxygens (including phenoxy) is 1. The van der Waals surface area contributed by atoms with Crippen LogP contribution in [0.2, 0.25) is 0 Å². The molecule has 0 saturated heterocycles. The first-order valence-electron chi connectivity index (χ1n) is 6.60. The van der Waals surface area contributed by atoms with Crippen molar-refractivity contribution in [1.29, 1.82) is 0 Å². The van der Waals surface area contributed by atoms with Crippen LogP contribution in [0, 0.1) is 12.8 Å². The zero-order valence-corrected chi connectivity index (χ0v) is 13.6. The average molecular weight is 329 g/mol. The van der Waals surface area contributed by atoms with Gasteiger partial charge in [-0.2, -0.15) is 0 Å². The maximum absolute atomic E-state index is 11.9. The van der Waals surface area contributed by atoms with Gasteiger partial charge in [-0.25, -0.2) is 9.59 Å². The Morgan fingerprint density at radius 1 is 1.27 bits per heavy atom. The first kappa shape index (κ1) is 18.0. The Morgan fingerprint density at radius 3 is 2.32 bits per heavy atom. The van der Waals surface area contributed by atoms with Gasteiger partial charge < -0.3 is 19.8 Å². The van der Waals surface area contributed by atoms with Crippen molar-refractivity contribution in [2.45, 2.75) is 26.8 Å². The molecule has 2 unspecified atom stereocenters. The molecule has 8 heteroatoms. The topological polar surface area (TPSA) is 104 Å². The number of carbonyl (C=O) groups is 3. The van der Waals surface area contributed by atoms with Crippen molar-refractivity contribution >= 4 is 34.2 Å². The standard InChI is InChI=1S/C14H19NO6S/c1-7(12(16)17)6-15(9(3)13(18)19)11-10(14(20)21-4)5-8(2)22-11/h5,7,9H,6H2,1-4H3,(H,16,17)(H,18,19). The Kier molecular flexibility index (Phi) is 5.92. The summed E-state index contributed by atoms with van der Waals surface area (Å²) in [5, 5.41) is 18.7. The van der Waals surface area contributed by atoms with Gasteiger partial charge in [-0.3, -0.25) is 4.79 Å². The minimum absolute atomic E-state index is 0.0211. The number of hydrogen-bond acceptors (Lipinski definition) is 6. The summed E-state index contributed by atoms with van der Waals surface area (Å²) < 4.78 is 4.71. The number of aryl methyl sites for hydroxylation is 1. The van der Waals surface area contributed by atoms with Gasteiger partial charge in [-0.15, -0.1) is 11.3 Å². The summed E-state index contributed by atoms with van der Waals surface area (Å²) in [4.78, 5) is 36.5. The van der Waals surface area contributed by atoms with E-state index in [0.29, 0.717) is 5.00 Å². The second-order valence-corrected chi connectivity index (χ2v) is 6.21. The van der Waals surface area contributed by atoms with E-state index in [0.717, 1.165) is 4.88 Å². The summed E-state index contributed by atoms with van der Waals surface area (Å²) >= 11 is 1.23. The molecular formula is C14H19NO6S. The van der Waals surface area contributed by atoms with Crippen LogP contribution in [0.4, 0.5) is 5.00 Å². The summed E-state index contributed by atoms with van der Waals surface area (Å²) in [7, 11) is 1.24. The van der Waals surface area contributed by atoms with Gasteiger partial charge in [0.05, 0.1) is 18.6 Å². The molecule has 2 atom stereocenters. The normalized spacial score (nSPS) is 13.3. The van der Waals surface area contributed by atoms with Crippen LogP contribution < -0.4 is 4.90 Å². The Bertz CT molecular complexity index is 582. The van der Waals surface area contributed by atoms with Crippen LogP contribution in [-0.2, 0) is 14.3 Å². The highest BCUT2D eigenvalue weighted by Crippen LogP contribution is 2.33. The number of hydrogen-bond donors (Lipinski definition) is 2. The number of anilines is 1. The van der Waals surface area contributed by atoms with Crippen molar-refractivity contribution in [2.75, 3.05) is 18.6 Å². The average Bonchev–Trinajstić information content (AvgIpc) is 2.84. The number of rotatable bonds is 7. The van der Waals surface area contributed by atoms with Gasteiger partial charge in [0.25, 0.3) is 0 Å². The van der Waals surface area contributed by atoms with Gasteiger partial charge in [0.2, 0.25) is 0 Å². The molecule has 0 amide bonds. The number of methoxy groups -OCH3 is 1. The molecular weight excluding hydrogens is 310 g/mol. The van der Waals surface area contributed by atoms with E-state index < -0.39 is 29.9 Å². The van der Waals surface area contributed by atoms with Crippen molar-refractivity contribution in [3.05, 3.63) is 16.5 Å². The second kappa shape index (κ2) is 7.26. The number of nitrogens with zero attached hydrogens (tertiary/aromatic N) is 1. The Hall–Kier alpha value is -2.09. The summed E-state index contributed by atoms with van der Waals surface area (Å²) in [5.74, 6) is -3.49. The van der Waals surface area contributed by atoms with Gasteiger partial charge in [-0.1, -0.05) is 6.92 Å². The lowest BCUT2D eigenvalue weighted by Crippen LogP contribution is -2.43. The van der Waals surface area contributed by atoms with E-state index in [2.05, 4.69) is 0 Å². The minimum atomic E-state index is -1.10. The first-order chi connectivity index (χ1) is 10.2. The van der Waals surface area contributed by atoms with Gasteiger partial charge in [0.1, 0.15) is 11.0 Å². The number of thiophene rings is 1. The highest BCUT2D eigenvalue weighted by molar-refractivity contribution is 7.16. The van der Waals surface area contributed by atoms with Gasteiger partial charge in [-0.05, 0) is 19.9 Å². The number of aliphatic carboxylic acids is 2. The third-order valence-electron chi connectivity index (χ3n) is 3.22. The largest absolute Gasteiger partial charge is 0.481 e. The van der Waals surface area contributed by atoms with Crippen molar-refractivity contribution < 1.29 is 29.3 Å². The fourth-order valence-corrected chi connectivity index (χ4v) is 2.98. The maximum atomic E-state index is 11.9. The molecule has 0 saturated carbocycles. The molecule has 122 valence electrons. The van der Waals surface area contributed by atoms with E-state index in [1.54, 1.807) is 13.0 Å². The fraction of sp³-hybridized carbons (Fsp3) is 0.500. The van der Waals surface area contributed by atoms with E-state index in [9.17, 15) is 19.5 Å². The van der Waals surface area contributed by atoms with Crippen molar-refractivity contribution in [2.24, 2.45) is 5.92 Å². The molecule has 0 radical (unpaired) electrons. The van der Waals surface area contributed by atoms with Gasteiger partial charge >= 0.3 is 17.9 Å². The van der Waals surface area contributed by atoms with Crippen LogP contribution >= 0.6 is 11.3 Å². The number of carbonyl (C=O) groups excluding carboxylic acids is 1. The maximum Gasteiger partial charge on any atom is 0.340 e. The monoisotopic (exact) mass is 329 g/mol. The molecule has 2 N–H and O–H groups in total. The highest BCUT2D eigenvalue weighted by Gasteiger charge is 2.30. The third kappa shape index (κ3) is 3.97. The lowest BCUT2D eigenvalue weighted by Gasteiger charge is -2.29. The zero-order valence-electron chi connectivity index (χ0n) is 12.8. The molecule has 1 heterocycles. The van der Waals surface area contributed by atoms with Gasteiger partial charge in [0.15, 0.2) is 0 Å². The van der Waals surface area contributed by atoms with E-state index in [4.69, 9.17) is 9.84 Å². The molecule has 0 bridgehead atoms. The molecule has 22 heavy (non-hydrogen) atoms. The van der Waals surface area contributed by atoms with Crippen LogP contribution in [0.25, 0.3) is 0 Å². The minimum Gasteiger partial charge on any atom is -0.481 e. The van der Waals surface area contributed by atoms with Crippen LogP contribution in [0.3, 0.4) is 0 Å². The summed E-state index contributed by atoms with van der Waals surface area (Å²) in [6, 6.07) is 0.641. The molecule has 0 aliphatic heterocycles. The van der Waals surface area contributed by atoms with Crippen LogP contribution in [0.15, 0.2) is 6.07 Å². The molecule has 1 aromatic heterocycles. The Morgan fingerprint density at radius 2 is 1.86 bits per heavy atom. The quantitative estimate of drug-likeness (QED) is 0.735. The zero-order chi connectivity index (χ0) is 17.0. The highest BCUT2D eigenvalue weighted by atomic mass is 32.1. The molecule has 1 rings (SSSR count). The van der Waals surface area contributed by atoms with Crippen LogP contribution in [0.5, 0.6) is 0 Å². The first-order valence-corrected chi connectivity index (χ1v) is 7.41. The Labute approximate surface area is 132 Å². The lowest BCUT2D eigenvalue weighted by molar-refractivity contribution is -0.142. The smallest absolute Gasteiger partial charge is 0.340 e. The van der Waals surface area contributed by atoms with Crippen molar-refractivity contribution in [3.63, 3.8) is 0 Å². The summed E-state index contributed by atoms with van der Waals surface area (Å²) in [6.07, 6.45) is 0. The van der Waals surface area contributed by atoms with E-state index in [1.807, 2.05) is 0 Å². The summed E-state index contributed by atoms with van der Waals surface area (Å²) in [6.45, 7) is 4.70. The van der Waals surface area contributed by atoms with Crippen LogP contribution in [0.1, 0.15) is 29.1 Å². The van der Waals surface area contributed by atoms with Crippen molar-refractivity contribution in [1.82, 2.24) is 0 Å². The van der Waals surface area contributed by atoms with Crippen molar-refractivity contribution in [3.8, 4) is 0 Å². The molecule has 7 nitrogen and oxygen atoms in total. The van der Waals surface area contributed by atoms with E-state index in [1.165, 1.54) is 37.2 Å². The van der Waals surface area contributed by atoms with Gasteiger partial charge in [0, 0.05) is 11.4 Å². The lowest BCUT2D eigenvalue weighted by atomic mass is 10.1. The molecule has 0 aromatic carbocycles. The second-order valence-electron chi connectivity index (χ2n) is 4.97. The molecule has 0 aliphatic rings. The summed E-state index contributed by atoms with van der Waals surface area (Å²) in [5.41, 5.74) is 0.246. The predicted molar refractivity (Wildman–Crippen MR) is 81.6 cm³/mol. The van der Waals surface area contributed by atoms with Crippen LogP contribution in [-0.4, -0.2) is 47.8 Å². The number of carboxylic acids is 2. The number of carboxylic acid groups (broad SMARTS) is 2. The Balaban J connectivity index is 3.29. The SMILES string of the molecule is COC(=O)c1cc(C)sc1N(CC(C)C(=O)O)C(C)C(=O)O. The fourth-order valence-electron chi connectivity index (χ4n) is 1.89. The molecule has 0 fully saturated rings. The molecule has 0 spiro atoms. The predicted octanol–water partition coefficient (Wildman–Crippen LogP) is 1.84.